The molecule has 3 N–H and O–H groups in total. The molecule has 0 spiro atoms. The number of nitrogens with one attached hydrogen (secondary N) is 1. The van der Waals surface area contributed by atoms with Crippen LogP contribution in [0.25, 0.3) is 0 Å². The molecule has 0 bridgehead atoms. The Labute approximate surface area is 89.7 Å². The van der Waals surface area contributed by atoms with Crippen molar-refractivity contribution < 1.29 is 10.2 Å². The molecule has 5 nitrogen and oxygen atoms in total. The maximum Gasteiger partial charge on any atom is 0.0633 e. The Kier molecular flexibility index (Phi) is 3.84. The summed E-state index contributed by atoms with van der Waals surface area (Å²) in [6.07, 6.45) is 1.72. The SMILES string of the molecule is CC(NC(C)(CO)CO)c1ccnn1C. The summed E-state index contributed by atoms with van der Waals surface area (Å²) < 4.78 is 1.77. The molecule has 0 aliphatic carbocycles. The van der Waals surface area contributed by atoms with Gasteiger partial charge in [0.05, 0.1) is 24.4 Å². The van der Waals surface area contributed by atoms with E-state index in [0.29, 0.717) is 0 Å². The highest BCUT2D eigenvalue weighted by Gasteiger charge is 2.25. The van der Waals surface area contributed by atoms with Gasteiger partial charge in [-0.05, 0) is 19.9 Å². The van der Waals surface area contributed by atoms with Gasteiger partial charge in [0.15, 0.2) is 0 Å². The van der Waals surface area contributed by atoms with Gasteiger partial charge in [0, 0.05) is 19.3 Å². The molecule has 0 fully saturated rings. The van der Waals surface area contributed by atoms with Gasteiger partial charge in [-0.15, -0.1) is 0 Å². The van der Waals surface area contributed by atoms with Gasteiger partial charge >= 0.3 is 0 Å². The van der Waals surface area contributed by atoms with Crippen LogP contribution in [0.5, 0.6) is 0 Å². The average molecular weight is 213 g/mol. The number of aliphatic hydroxyl groups is 2. The van der Waals surface area contributed by atoms with Gasteiger partial charge in [-0.3, -0.25) is 10.00 Å². The van der Waals surface area contributed by atoms with Gasteiger partial charge in [0.1, 0.15) is 0 Å². The van der Waals surface area contributed by atoms with Crippen molar-refractivity contribution in [3.8, 4) is 0 Å². The Morgan fingerprint density at radius 1 is 1.53 bits per heavy atom. The minimum absolute atomic E-state index is 0.0294. The highest BCUT2D eigenvalue weighted by Crippen LogP contribution is 2.15. The number of hydrogen-bond donors (Lipinski definition) is 3. The summed E-state index contributed by atoms with van der Waals surface area (Å²) in [5, 5.41) is 25.6. The number of hydrogen-bond acceptors (Lipinski definition) is 4. The monoisotopic (exact) mass is 213 g/mol. The molecule has 0 aromatic carbocycles. The summed E-state index contributed by atoms with van der Waals surface area (Å²) in [6.45, 7) is 3.54. The Balaban J connectivity index is 2.71. The van der Waals surface area contributed by atoms with Gasteiger partial charge < -0.3 is 10.2 Å². The van der Waals surface area contributed by atoms with Gasteiger partial charge in [0.25, 0.3) is 0 Å². The van der Waals surface area contributed by atoms with Crippen molar-refractivity contribution in [2.75, 3.05) is 13.2 Å². The zero-order valence-corrected chi connectivity index (χ0v) is 9.44. The Hall–Kier alpha value is -0.910. The first-order valence-corrected chi connectivity index (χ1v) is 5.00. The maximum atomic E-state index is 9.16. The van der Waals surface area contributed by atoms with E-state index in [1.165, 1.54) is 0 Å². The fraction of sp³-hybridized carbons (Fsp3) is 0.700. The predicted octanol–water partition coefficient (Wildman–Crippen LogP) is -0.186. The zero-order valence-electron chi connectivity index (χ0n) is 9.44. The summed E-state index contributed by atoms with van der Waals surface area (Å²) in [6, 6.07) is 1.94. The van der Waals surface area contributed by atoms with Crippen LogP contribution < -0.4 is 5.32 Å². The van der Waals surface area contributed by atoms with Crippen molar-refractivity contribution in [1.82, 2.24) is 15.1 Å². The smallest absolute Gasteiger partial charge is 0.0633 e. The van der Waals surface area contributed by atoms with Crippen LogP contribution in [0.4, 0.5) is 0 Å². The maximum absolute atomic E-state index is 9.16. The Morgan fingerprint density at radius 3 is 2.53 bits per heavy atom. The standard InChI is InChI=1S/C10H19N3O2/c1-8(9-4-5-11-13(9)3)12-10(2,6-14)7-15/h4-5,8,12,14-15H,6-7H2,1-3H3. The lowest BCUT2D eigenvalue weighted by molar-refractivity contribution is 0.0949. The van der Waals surface area contributed by atoms with Gasteiger partial charge in [0.2, 0.25) is 0 Å². The van der Waals surface area contributed by atoms with E-state index in [4.69, 9.17) is 10.2 Å². The van der Waals surface area contributed by atoms with Crippen LogP contribution in [0.15, 0.2) is 12.3 Å². The van der Waals surface area contributed by atoms with Crippen LogP contribution in [0.1, 0.15) is 25.6 Å². The van der Waals surface area contributed by atoms with Crippen molar-refractivity contribution in [3.05, 3.63) is 18.0 Å². The lowest BCUT2D eigenvalue weighted by atomic mass is 10.0. The molecule has 1 rings (SSSR count). The summed E-state index contributed by atoms with van der Waals surface area (Å²) in [7, 11) is 1.86. The molecule has 0 aliphatic rings. The molecule has 1 aromatic heterocycles. The van der Waals surface area contributed by atoms with E-state index in [1.807, 2.05) is 20.0 Å². The van der Waals surface area contributed by atoms with Gasteiger partial charge in [-0.1, -0.05) is 0 Å². The van der Waals surface area contributed by atoms with Gasteiger partial charge in [-0.2, -0.15) is 5.10 Å². The van der Waals surface area contributed by atoms with Crippen molar-refractivity contribution in [2.45, 2.75) is 25.4 Å². The first-order valence-electron chi connectivity index (χ1n) is 5.00. The molecule has 1 unspecified atom stereocenters. The number of aryl methyl sites for hydroxylation is 1. The minimum Gasteiger partial charge on any atom is -0.394 e. The van der Waals surface area contributed by atoms with E-state index in [9.17, 15) is 0 Å². The van der Waals surface area contributed by atoms with Crippen LogP contribution in [0.2, 0.25) is 0 Å². The molecule has 15 heavy (non-hydrogen) atoms. The molecular weight excluding hydrogens is 194 g/mol. The third kappa shape index (κ3) is 2.77. The Bertz CT molecular complexity index is 307. The van der Waals surface area contributed by atoms with Crippen LogP contribution in [-0.2, 0) is 7.05 Å². The van der Waals surface area contributed by atoms with E-state index in [1.54, 1.807) is 17.8 Å². The topological polar surface area (TPSA) is 70.3 Å². The molecule has 1 atom stereocenters. The van der Waals surface area contributed by atoms with Crippen molar-refractivity contribution in [1.29, 1.82) is 0 Å². The molecule has 0 radical (unpaired) electrons. The first-order chi connectivity index (χ1) is 7.02. The molecule has 5 heteroatoms. The van der Waals surface area contributed by atoms with E-state index in [2.05, 4.69) is 10.4 Å². The molecule has 0 aliphatic heterocycles. The highest BCUT2D eigenvalue weighted by molar-refractivity contribution is 5.06. The second-order valence-electron chi connectivity index (χ2n) is 4.12. The molecule has 0 saturated heterocycles. The Morgan fingerprint density at radius 2 is 2.13 bits per heavy atom. The summed E-state index contributed by atoms with van der Waals surface area (Å²) in [5.74, 6) is 0. The quantitative estimate of drug-likeness (QED) is 0.634. The first kappa shape index (κ1) is 12.2. The van der Waals surface area contributed by atoms with Crippen LogP contribution >= 0.6 is 0 Å². The molecule has 1 aromatic rings. The fourth-order valence-electron chi connectivity index (χ4n) is 1.55. The van der Waals surface area contributed by atoms with Crippen LogP contribution in [0.3, 0.4) is 0 Å². The van der Waals surface area contributed by atoms with Gasteiger partial charge in [-0.25, -0.2) is 0 Å². The van der Waals surface area contributed by atoms with E-state index in [-0.39, 0.29) is 19.3 Å². The number of aromatic nitrogens is 2. The van der Waals surface area contributed by atoms with Crippen molar-refractivity contribution >= 4 is 0 Å². The number of aliphatic hydroxyl groups excluding tert-OH is 2. The van der Waals surface area contributed by atoms with Crippen molar-refractivity contribution in [3.63, 3.8) is 0 Å². The number of rotatable bonds is 5. The third-order valence-corrected chi connectivity index (χ3v) is 2.57. The second kappa shape index (κ2) is 4.74. The summed E-state index contributed by atoms with van der Waals surface area (Å²) in [4.78, 5) is 0. The summed E-state index contributed by atoms with van der Waals surface area (Å²) >= 11 is 0. The predicted molar refractivity (Wildman–Crippen MR) is 57.3 cm³/mol. The lowest BCUT2D eigenvalue weighted by Crippen LogP contribution is -2.50. The third-order valence-electron chi connectivity index (χ3n) is 2.57. The molecule has 1 heterocycles. The largest absolute Gasteiger partial charge is 0.394 e. The molecular formula is C10H19N3O2. The van der Waals surface area contributed by atoms with Crippen LogP contribution in [-0.4, -0.2) is 38.7 Å². The normalized spacial score (nSPS) is 14.2. The average Bonchev–Trinajstić information content (AvgIpc) is 2.64. The minimum atomic E-state index is -0.663. The molecule has 0 amide bonds. The fourth-order valence-corrected chi connectivity index (χ4v) is 1.55. The molecule has 0 saturated carbocycles. The molecule has 86 valence electrons. The van der Waals surface area contributed by atoms with Crippen LogP contribution in [0, 0.1) is 0 Å². The highest BCUT2D eigenvalue weighted by atomic mass is 16.3. The zero-order chi connectivity index (χ0) is 11.5. The summed E-state index contributed by atoms with van der Waals surface area (Å²) in [5.41, 5.74) is 0.354. The van der Waals surface area contributed by atoms with Crippen molar-refractivity contribution in [2.24, 2.45) is 7.05 Å². The number of nitrogens with zero attached hydrogens (tertiary/aromatic N) is 2. The second-order valence-corrected chi connectivity index (χ2v) is 4.12. The van der Waals surface area contributed by atoms with E-state index >= 15 is 0 Å². The van der Waals surface area contributed by atoms with E-state index < -0.39 is 5.54 Å². The lowest BCUT2D eigenvalue weighted by Gasteiger charge is -2.30. The van der Waals surface area contributed by atoms with E-state index in [0.717, 1.165) is 5.69 Å².